The van der Waals surface area contributed by atoms with Gasteiger partial charge in [0.2, 0.25) is 5.91 Å². The first-order valence-corrected chi connectivity index (χ1v) is 11.4. The first-order chi connectivity index (χ1) is 15.8. The topological polar surface area (TPSA) is 70.7 Å². The van der Waals surface area contributed by atoms with Gasteiger partial charge in [-0.3, -0.25) is 9.78 Å². The van der Waals surface area contributed by atoms with Crippen LogP contribution in [0.15, 0.2) is 90.7 Å². The molecule has 6 heteroatoms. The number of para-hydroxylation sites is 1. The van der Waals surface area contributed by atoms with Crippen LogP contribution in [0, 0.1) is 0 Å². The molecule has 1 unspecified atom stereocenters. The van der Waals surface area contributed by atoms with E-state index in [9.17, 15) is 4.79 Å². The third-order valence-corrected chi connectivity index (χ3v) is 6.44. The Morgan fingerprint density at radius 2 is 1.88 bits per heavy atom. The van der Waals surface area contributed by atoms with Gasteiger partial charge in [0.05, 0.1) is 12.1 Å². The van der Waals surface area contributed by atoms with Gasteiger partial charge in [-0.1, -0.05) is 48.5 Å². The molecule has 0 aliphatic heterocycles. The maximum atomic E-state index is 12.8. The number of aromatic amines is 1. The van der Waals surface area contributed by atoms with Crippen molar-refractivity contribution in [2.24, 2.45) is 0 Å². The van der Waals surface area contributed by atoms with E-state index in [0.717, 1.165) is 21.8 Å². The summed E-state index contributed by atoms with van der Waals surface area (Å²) in [5.41, 5.74) is 5.19. The summed E-state index contributed by atoms with van der Waals surface area (Å²) in [7, 11) is 0. The van der Waals surface area contributed by atoms with Crippen LogP contribution < -0.4 is 5.32 Å². The first kappa shape index (κ1) is 20.2. The van der Waals surface area contributed by atoms with Gasteiger partial charge in [0.1, 0.15) is 5.01 Å². The number of amides is 1. The summed E-state index contributed by atoms with van der Waals surface area (Å²) in [6, 6.07) is 22.4. The van der Waals surface area contributed by atoms with Gasteiger partial charge in [0.15, 0.2) is 0 Å². The number of hydrogen-bond acceptors (Lipinski definition) is 4. The minimum absolute atomic E-state index is 0.0335. The van der Waals surface area contributed by atoms with E-state index in [2.05, 4.69) is 50.7 Å². The van der Waals surface area contributed by atoms with E-state index < -0.39 is 0 Å². The zero-order chi connectivity index (χ0) is 21.8. The van der Waals surface area contributed by atoms with Crippen molar-refractivity contribution in [3.05, 3.63) is 108 Å². The van der Waals surface area contributed by atoms with Crippen molar-refractivity contribution < 1.29 is 4.79 Å². The molecule has 0 saturated heterocycles. The fourth-order valence-corrected chi connectivity index (χ4v) is 4.74. The molecular formula is C26H22N4OS. The van der Waals surface area contributed by atoms with Crippen molar-refractivity contribution in [2.45, 2.75) is 12.3 Å². The number of hydrogen-bond donors (Lipinski definition) is 2. The second kappa shape index (κ2) is 9.16. The number of nitrogens with zero attached hydrogens (tertiary/aromatic N) is 2. The molecule has 3 aromatic heterocycles. The predicted octanol–water partition coefficient (Wildman–Crippen LogP) is 5.18. The van der Waals surface area contributed by atoms with Crippen LogP contribution in [0.1, 0.15) is 22.7 Å². The molecule has 2 N–H and O–H groups in total. The largest absolute Gasteiger partial charge is 0.361 e. The van der Waals surface area contributed by atoms with Crippen molar-refractivity contribution in [1.82, 2.24) is 20.3 Å². The van der Waals surface area contributed by atoms with E-state index in [1.807, 2.05) is 47.8 Å². The minimum atomic E-state index is -0.0335. The van der Waals surface area contributed by atoms with Gasteiger partial charge < -0.3 is 10.3 Å². The molecule has 3 heterocycles. The number of rotatable bonds is 7. The lowest BCUT2D eigenvalue weighted by Crippen LogP contribution is -2.30. The lowest BCUT2D eigenvalue weighted by Gasteiger charge is -2.18. The molecule has 1 amide bonds. The number of aromatic nitrogens is 3. The Kier molecular flexibility index (Phi) is 5.77. The molecule has 0 saturated carbocycles. The Balaban J connectivity index is 1.32. The van der Waals surface area contributed by atoms with Crippen molar-refractivity contribution in [3.63, 3.8) is 0 Å². The minimum Gasteiger partial charge on any atom is -0.361 e. The van der Waals surface area contributed by atoms with Crippen molar-refractivity contribution >= 4 is 28.1 Å². The number of nitrogens with one attached hydrogen (secondary N) is 2. The van der Waals surface area contributed by atoms with Crippen LogP contribution in [0.2, 0.25) is 0 Å². The van der Waals surface area contributed by atoms with Crippen molar-refractivity contribution in [3.8, 4) is 10.6 Å². The number of thiazole rings is 1. The van der Waals surface area contributed by atoms with Crippen molar-refractivity contribution in [2.75, 3.05) is 6.54 Å². The van der Waals surface area contributed by atoms with Gasteiger partial charge in [-0.25, -0.2) is 4.98 Å². The third-order valence-electron chi connectivity index (χ3n) is 5.50. The van der Waals surface area contributed by atoms with Crippen LogP contribution in [0.4, 0.5) is 0 Å². The van der Waals surface area contributed by atoms with E-state index >= 15 is 0 Å². The summed E-state index contributed by atoms with van der Waals surface area (Å²) in [6.45, 7) is 0.518. The summed E-state index contributed by atoms with van der Waals surface area (Å²) in [5.74, 6) is 0.0199. The second-order valence-corrected chi connectivity index (χ2v) is 8.48. The van der Waals surface area contributed by atoms with Gasteiger partial charge in [-0.15, -0.1) is 11.3 Å². The number of benzene rings is 2. The van der Waals surface area contributed by atoms with E-state index in [1.165, 1.54) is 27.8 Å². The summed E-state index contributed by atoms with van der Waals surface area (Å²) in [4.78, 5) is 24.9. The van der Waals surface area contributed by atoms with Crippen LogP contribution in [0.3, 0.4) is 0 Å². The zero-order valence-corrected chi connectivity index (χ0v) is 18.2. The van der Waals surface area contributed by atoms with Gasteiger partial charge >= 0.3 is 0 Å². The van der Waals surface area contributed by atoms with Gasteiger partial charge in [0.25, 0.3) is 0 Å². The second-order valence-electron chi connectivity index (χ2n) is 7.62. The molecule has 2 aromatic carbocycles. The lowest BCUT2D eigenvalue weighted by molar-refractivity contribution is -0.120. The molecule has 5 rings (SSSR count). The number of H-pyrrole nitrogens is 1. The average Bonchev–Trinajstić information content (AvgIpc) is 3.48. The highest BCUT2D eigenvalue weighted by Crippen LogP contribution is 2.30. The lowest BCUT2D eigenvalue weighted by atomic mass is 9.91. The number of carbonyl (C=O) groups is 1. The fraction of sp³-hybridized carbons (Fsp3) is 0.115. The highest BCUT2D eigenvalue weighted by Gasteiger charge is 2.19. The summed E-state index contributed by atoms with van der Waals surface area (Å²) >= 11 is 1.53. The van der Waals surface area contributed by atoms with Gasteiger partial charge in [-0.05, 0) is 29.3 Å². The predicted molar refractivity (Wildman–Crippen MR) is 129 cm³/mol. The molecule has 1 atom stereocenters. The SMILES string of the molecule is O=C(Cc1csc(-c2cccnc2)n1)NCC(c1ccccc1)c1c[nH]c2ccccc12. The van der Waals surface area contributed by atoms with Crippen LogP contribution in [-0.2, 0) is 11.2 Å². The molecule has 0 radical (unpaired) electrons. The Hall–Kier alpha value is -3.77. The molecule has 0 aliphatic rings. The Morgan fingerprint density at radius 1 is 1.03 bits per heavy atom. The van der Waals surface area contributed by atoms with E-state index in [-0.39, 0.29) is 18.2 Å². The highest BCUT2D eigenvalue weighted by molar-refractivity contribution is 7.13. The molecule has 5 nitrogen and oxygen atoms in total. The Morgan fingerprint density at radius 3 is 2.72 bits per heavy atom. The number of pyridine rings is 1. The van der Waals surface area contributed by atoms with E-state index in [0.29, 0.717) is 6.54 Å². The smallest absolute Gasteiger partial charge is 0.226 e. The Bertz CT molecular complexity index is 1330. The summed E-state index contributed by atoms with van der Waals surface area (Å²) in [5, 5.41) is 7.13. The van der Waals surface area contributed by atoms with Crippen LogP contribution in [-0.4, -0.2) is 27.4 Å². The molecule has 5 aromatic rings. The maximum Gasteiger partial charge on any atom is 0.226 e. The van der Waals surface area contributed by atoms with E-state index in [1.54, 1.807) is 12.4 Å². The molecule has 0 spiro atoms. The van der Waals surface area contributed by atoms with Gasteiger partial charge in [-0.2, -0.15) is 0 Å². The highest BCUT2D eigenvalue weighted by atomic mass is 32.1. The quantitative estimate of drug-likeness (QED) is 0.368. The van der Waals surface area contributed by atoms with Crippen LogP contribution in [0.5, 0.6) is 0 Å². The standard InChI is InChI=1S/C26H22N4OS/c31-25(13-20-17-32-26(30-20)19-9-6-12-27-14-19)29-15-22(18-7-2-1-3-8-18)23-16-28-24-11-5-4-10-21(23)24/h1-12,14,16-17,22,28H,13,15H2,(H,29,31). The summed E-state index contributed by atoms with van der Waals surface area (Å²) < 4.78 is 0. The van der Waals surface area contributed by atoms with E-state index in [4.69, 9.17) is 0 Å². The maximum absolute atomic E-state index is 12.8. The van der Waals surface area contributed by atoms with Crippen molar-refractivity contribution in [1.29, 1.82) is 0 Å². The molecule has 32 heavy (non-hydrogen) atoms. The summed E-state index contributed by atoms with van der Waals surface area (Å²) in [6.07, 6.45) is 5.83. The monoisotopic (exact) mass is 438 g/mol. The number of fused-ring (bicyclic) bond motifs is 1. The first-order valence-electron chi connectivity index (χ1n) is 10.5. The molecule has 0 fully saturated rings. The zero-order valence-electron chi connectivity index (χ0n) is 17.4. The van der Waals surface area contributed by atoms with Crippen LogP contribution in [0.25, 0.3) is 21.5 Å². The van der Waals surface area contributed by atoms with Crippen LogP contribution >= 0.6 is 11.3 Å². The normalized spacial score (nSPS) is 12.0. The van der Waals surface area contributed by atoms with Gasteiger partial charge in [0, 0.05) is 52.9 Å². The molecule has 0 bridgehead atoms. The molecular weight excluding hydrogens is 416 g/mol. The average molecular weight is 439 g/mol. The number of carbonyl (C=O) groups excluding carboxylic acids is 1. The molecule has 0 aliphatic carbocycles. The molecule has 158 valence electrons. The third kappa shape index (κ3) is 4.31. The Labute approximate surface area is 190 Å². The fourth-order valence-electron chi connectivity index (χ4n) is 3.93.